The lowest BCUT2D eigenvalue weighted by Gasteiger charge is -2.45. The molecule has 0 bridgehead atoms. The summed E-state index contributed by atoms with van der Waals surface area (Å²) in [5, 5.41) is 0.431. The third-order valence-corrected chi connectivity index (χ3v) is 27.6. The van der Waals surface area contributed by atoms with E-state index in [1.807, 2.05) is 0 Å². The summed E-state index contributed by atoms with van der Waals surface area (Å²) in [6, 6.07) is 3.76. The van der Waals surface area contributed by atoms with Gasteiger partial charge in [-0.15, -0.1) is 0 Å². The highest BCUT2D eigenvalue weighted by atomic mass is 28.4. The molecule has 3 fully saturated rings. The van der Waals surface area contributed by atoms with E-state index in [0.29, 0.717) is 11.3 Å². The molecule has 0 saturated heterocycles. The van der Waals surface area contributed by atoms with Crippen LogP contribution in [0.3, 0.4) is 0 Å². The predicted molar refractivity (Wildman–Crippen MR) is 205 cm³/mol. The third-order valence-electron chi connectivity index (χ3n) is 13.9. The number of allylic oxidation sites excluding steroid dienone is 3. The van der Waals surface area contributed by atoms with Crippen LogP contribution in [0.15, 0.2) is 23.3 Å². The van der Waals surface area contributed by atoms with E-state index in [2.05, 4.69) is 115 Å². The van der Waals surface area contributed by atoms with Crippen molar-refractivity contribution in [1.29, 1.82) is 0 Å². The average molecular weight is 677 g/mol. The molecule has 3 aliphatic rings. The molecule has 0 aromatic rings. The van der Waals surface area contributed by atoms with Gasteiger partial charge in [-0.25, -0.2) is 0 Å². The standard InChI is InChI=1S/C39H76O3Si3/c1-16-45(17-2,18-3)40-29-30(4)35-23-24-36-32(20-19-25-39(35,36)11)22-21-31-26-33(41-43(12,13)37(5,6)7)28-34(27-31)42-44(14,15)38(8,9)10/h21-22,30,33-36H,16-20,23-29H2,1-15H3/b31-21?,32-22+/t30-,33-,34+,35?,36?,39-/m1/s1. The zero-order valence-electron chi connectivity index (χ0n) is 32.8. The van der Waals surface area contributed by atoms with E-state index >= 15 is 0 Å². The molecule has 0 amide bonds. The lowest BCUT2D eigenvalue weighted by molar-refractivity contribution is 0.0715. The smallest absolute Gasteiger partial charge is 0.192 e. The minimum atomic E-state index is -1.87. The Morgan fingerprint density at radius 2 is 1.33 bits per heavy atom. The van der Waals surface area contributed by atoms with Crippen molar-refractivity contribution < 1.29 is 13.3 Å². The summed E-state index contributed by atoms with van der Waals surface area (Å²) >= 11 is 0. The van der Waals surface area contributed by atoms with E-state index in [9.17, 15) is 0 Å². The first-order chi connectivity index (χ1) is 20.6. The highest BCUT2D eigenvalue weighted by Crippen LogP contribution is 2.59. The molecule has 3 rings (SSSR count). The van der Waals surface area contributed by atoms with Crippen LogP contribution in [0.2, 0.25) is 54.4 Å². The Balaban J connectivity index is 1.82. The van der Waals surface area contributed by atoms with Gasteiger partial charge in [0.05, 0.1) is 12.2 Å². The molecule has 6 atom stereocenters. The van der Waals surface area contributed by atoms with Gasteiger partial charge in [0.2, 0.25) is 0 Å². The molecule has 0 spiro atoms. The fourth-order valence-corrected chi connectivity index (χ4v) is 14.0. The second-order valence-electron chi connectivity index (χ2n) is 18.8. The van der Waals surface area contributed by atoms with Gasteiger partial charge in [-0.2, -0.15) is 0 Å². The predicted octanol–water partition coefficient (Wildman–Crippen LogP) is 12.7. The van der Waals surface area contributed by atoms with Gasteiger partial charge < -0.3 is 13.3 Å². The topological polar surface area (TPSA) is 27.7 Å². The van der Waals surface area contributed by atoms with Crippen molar-refractivity contribution >= 4 is 25.0 Å². The quantitative estimate of drug-likeness (QED) is 0.193. The average Bonchev–Trinajstić information content (AvgIpc) is 3.28. The van der Waals surface area contributed by atoms with E-state index in [4.69, 9.17) is 13.3 Å². The van der Waals surface area contributed by atoms with E-state index in [1.54, 1.807) is 11.1 Å². The SMILES string of the molecule is CC[Si](CC)(CC)OC[C@@H](C)C1CCC2/C(=C/C=C3C[C@@H](O[Si](C)(C)C(C)(C)C)C[C@@H](O[Si](C)(C)C(C)(C)C)C3)CCC[C@@]21C. The van der Waals surface area contributed by atoms with Crippen LogP contribution in [0.4, 0.5) is 0 Å². The lowest BCUT2D eigenvalue weighted by Crippen LogP contribution is -2.48. The molecule has 3 aliphatic carbocycles. The maximum Gasteiger partial charge on any atom is 0.192 e. The second-order valence-corrected chi connectivity index (χ2v) is 33.1. The maximum absolute atomic E-state index is 7.10. The van der Waals surface area contributed by atoms with Crippen molar-refractivity contribution in [3.05, 3.63) is 23.3 Å². The molecule has 45 heavy (non-hydrogen) atoms. The van der Waals surface area contributed by atoms with Gasteiger partial charge in [0.25, 0.3) is 0 Å². The molecule has 6 heteroatoms. The Morgan fingerprint density at radius 3 is 1.80 bits per heavy atom. The maximum atomic E-state index is 7.10. The molecule has 2 unspecified atom stereocenters. The zero-order valence-corrected chi connectivity index (χ0v) is 35.8. The van der Waals surface area contributed by atoms with Gasteiger partial charge in [0.15, 0.2) is 25.0 Å². The Labute approximate surface area is 284 Å². The second kappa shape index (κ2) is 14.9. The zero-order chi connectivity index (χ0) is 34.1. The molecule has 0 aromatic heterocycles. The van der Waals surface area contributed by atoms with Crippen molar-refractivity contribution in [2.45, 2.75) is 194 Å². The van der Waals surface area contributed by atoms with Crippen LogP contribution in [-0.2, 0) is 13.3 Å². The molecule has 3 saturated carbocycles. The largest absolute Gasteiger partial charge is 0.417 e. The van der Waals surface area contributed by atoms with Crippen molar-refractivity contribution in [2.24, 2.45) is 23.2 Å². The van der Waals surface area contributed by atoms with Crippen LogP contribution < -0.4 is 0 Å². The van der Waals surface area contributed by atoms with Gasteiger partial charge in [-0.3, -0.25) is 0 Å². The van der Waals surface area contributed by atoms with E-state index in [-0.39, 0.29) is 22.3 Å². The number of fused-ring (bicyclic) bond motifs is 1. The number of hydrogen-bond donors (Lipinski definition) is 0. The Bertz CT molecular complexity index is 983. The van der Waals surface area contributed by atoms with Crippen LogP contribution in [0.1, 0.15) is 128 Å². The summed E-state index contributed by atoms with van der Waals surface area (Å²) in [5.74, 6) is 2.15. The molecule has 0 radical (unpaired) electrons. The summed E-state index contributed by atoms with van der Waals surface area (Å²) < 4.78 is 21.0. The summed E-state index contributed by atoms with van der Waals surface area (Å²) in [6.45, 7) is 37.1. The lowest BCUT2D eigenvalue weighted by atomic mass is 9.61. The third kappa shape index (κ3) is 9.17. The van der Waals surface area contributed by atoms with Crippen molar-refractivity contribution in [1.82, 2.24) is 0 Å². The normalized spacial score (nSPS) is 31.4. The molecule has 0 aromatic carbocycles. The van der Waals surface area contributed by atoms with Gasteiger partial charge in [0.1, 0.15) is 0 Å². The minimum absolute atomic E-state index is 0.215. The van der Waals surface area contributed by atoms with Crippen molar-refractivity contribution in [2.75, 3.05) is 6.61 Å². The summed E-state index contributed by atoms with van der Waals surface area (Å²) in [7, 11) is -5.28. The molecule has 3 nitrogen and oxygen atoms in total. The Kier molecular flexibility index (Phi) is 13.0. The molecular formula is C39H76O3Si3. The van der Waals surface area contributed by atoms with Crippen LogP contribution in [0.25, 0.3) is 0 Å². The first-order valence-corrected chi connectivity index (χ1v) is 27.4. The Morgan fingerprint density at radius 1 is 0.822 bits per heavy atom. The van der Waals surface area contributed by atoms with E-state index in [0.717, 1.165) is 37.7 Å². The Hall–Kier alpha value is 0.0106. The summed E-state index contributed by atoms with van der Waals surface area (Å²) in [5.41, 5.74) is 3.68. The van der Waals surface area contributed by atoms with Gasteiger partial charge in [-0.05, 0) is 129 Å². The highest BCUT2D eigenvalue weighted by Gasteiger charge is 2.51. The summed E-state index contributed by atoms with van der Waals surface area (Å²) in [4.78, 5) is 0. The van der Waals surface area contributed by atoms with E-state index in [1.165, 1.54) is 50.2 Å². The van der Waals surface area contributed by atoms with Crippen LogP contribution in [0.5, 0.6) is 0 Å². The van der Waals surface area contributed by atoms with Crippen molar-refractivity contribution in [3.63, 3.8) is 0 Å². The van der Waals surface area contributed by atoms with Crippen LogP contribution >= 0.6 is 0 Å². The molecule has 0 heterocycles. The minimum Gasteiger partial charge on any atom is -0.417 e. The highest BCUT2D eigenvalue weighted by molar-refractivity contribution is 6.74. The van der Waals surface area contributed by atoms with Gasteiger partial charge >= 0.3 is 0 Å². The van der Waals surface area contributed by atoms with Crippen LogP contribution in [0, 0.1) is 23.2 Å². The molecule has 262 valence electrons. The van der Waals surface area contributed by atoms with Crippen molar-refractivity contribution in [3.8, 4) is 0 Å². The molecule has 0 N–H and O–H groups in total. The molecular weight excluding hydrogens is 601 g/mol. The van der Waals surface area contributed by atoms with Gasteiger partial charge in [-0.1, -0.05) is 99.5 Å². The van der Waals surface area contributed by atoms with E-state index < -0.39 is 25.0 Å². The fraction of sp³-hybridized carbons (Fsp3) is 0.897. The summed E-state index contributed by atoms with van der Waals surface area (Å²) in [6.07, 6.45) is 15.5. The first kappa shape index (κ1) is 39.4. The first-order valence-electron chi connectivity index (χ1n) is 19.0. The number of hydrogen-bond acceptors (Lipinski definition) is 3. The monoisotopic (exact) mass is 677 g/mol. The van der Waals surface area contributed by atoms with Crippen LogP contribution in [-0.4, -0.2) is 43.8 Å². The number of rotatable bonds is 12. The fourth-order valence-electron chi connectivity index (χ4n) is 8.55. The molecule has 0 aliphatic heterocycles. The van der Waals surface area contributed by atoms with Gasteiger partial charge in [0, 0.05) is 6.61 Å².